The Labute approximate surface area is 187 Å². The molecule has 0 N–H and O–H groups in total. The van der Waals surface area contributed by atoms with E-state index >= 15 is 0 Å². The number of rotatable bonds is 5. The van der Waals surface area contributed by atoms with Crippen LogP contribution in [0.1, 0.15) is 36.5 Å². The first kappa shape index (κ1) is 22.2. The van der Waals surface area contributed by atoms with Crippen LogP contribution in [0, 0.1) is 5.82 Å². The van der Waals surface area contributed by atoms with Crippen molar-refractivity contribution in [1.82, 2.24) is 0 Å². The highest BCUT2D eigenvalue weighted by Crippen LogP contribution is 2.28. The van der Waals surface area contributed by atoms with Crippen LogP contribution in [0.2, 0.25) is 0 Å². The molecule has 0 fully saturated rings. The zero-order valence-electron chi connectivity index (χ0n) is 18.0. The molecule has 2 aliphatic heterocycles. The lowest BCUT2D eigenvalue weighted by Crippen LogP contribution is -2.38. The van der Waals surface area contributed by atoms with Gasteiger partial charge < -0.3 is 18.9 Å². The summed E-state index contributed by atoms with van der Waals surface area (Å²) in [5.74, 6) is 0.0940. The molecule has 0 saturated carbocycles. The third-order valence-corrected chi connectivity index (χ3v) is 5.60. The largest absolute Gasteiger partial charge is 0.497 e. The van der Waals surface area contributed by atoms with E-state index in [0.717, 1.165) is 16.9 Å². The molecule has 4 rings (SSSR count). The van der Waals surface area contributed by atoms with Crippen LogP contribution in [0.4, 0.5) is 4.39 Å². The summed E-state index contributed by atoms with van der Waals surface area (Å²) in [5, 5.41) is 0. The van der Waals surface area contributed by atoms with Crippen LogP contribution in [0.25, 0.3) is 0 Å². The molecular weight excluding hydrogens is 411 g/mol. The molecular formula is C26H27FO5. The number of carbonyl (C=O) groups is 1. The molecule has 2 heterocycles. The van der Waals surface area contributed by atoms with E-state index in [1.54, 1.807) is 19.2 Å². The summed E-state index contributed by atoms with van der Waals surface area (Å²) in [6, 6.07) is 13.7. The number of esters is 1. The first-order valence-electron chi connectivity index (χ1n) is 10.8. The average Bonchev–Trinajstić information content (AvgIpc) is 2.83. The third-order valence-electron chi connectivity index (χ3n) is 5.60. The van der Waals surface area contributed by atoms with Gasteiger partial charge in [-0.25, -0.2) is 4.39 Å². The predicted octanol–water partition coefficient (Wildman–Crippen LogP) is 5.07. The smallest absolute Gasteiger partial charge is 0.309 e. The molecule has 2 aromatic carbocycles. The summed E-state index contributed by atoms with van der Waals surface area (Å²) in [6.45, 7) is 0.386. The molecule has 2 bridgehead atoms. The van der Waals surface area contributed by atoms with Gasteiger partial charge in [0.25, 0.3) is 0 Å². The molecule has 6 heteroatoms. The summed E-state index contributed by atoms with van der Waals surface area (Å²) < 4.78 is 36.5. The Morgan fingerprint density at radius 1 is 1.00 bits per heavy atom. The van der Waals surface area contributed by atoms with Crippen LogP contribution in [0.3, 0.4) is 0 Å². The van der Waals surface area contributed by atoms with E-state index in [1.807, 2.05) is 48.6 Å². The van der Waals surface area contributed by atoms with Crippen LogP contribution in [0.5, 0.6) is 5.75 Å². The van der Waals surface area contributed by atoms with E-state index in [-0.39, 0.29) is 30.4 Å². The SMILES string of the molecule is COc1ccc(CO[C@H]2C=C[C@H]3C/C=C\C[C@H](c4ccc(F)cc4)OC(=O)C[C@H]2O3)cc1. The summed E-state index contributed by atoms with van der Waals surface area (Å²) in [4.78, 5) is 12.8. The molecule has 0 aliphatic carbocycles. The quantitative estimate of drug-likeness (QED) is 0.482. The third kappa shape index (κ3) is 5.84. The van der Waals surface area contributed by atoms with Crippen molar-refractivity contribution in [3.8, 4) is 5.75 Å². The Morgan fingerprint density at radius 2 is 1.75 bits per heavy atom. The van der Waals surface area contributed by atoms with E-state index in [0.29, 0.717) is 19.4 Å². The molecule has 32 heavy (non-hydrogen) atoms. The number of hydrogen-bond donors (Lipinski definition) is 0. The Kier molecular flexibility index (Phi) is 7.35. The molecule has 0 spiro atoms. The molecule has 0 unspecified atom stereocenters. The zero-order valence-corrected chi connectivity index (χ0v) is 18.0. The van der Waals surface area contributed by atoms with Crippen molar-refractivity contribution in [3.05, 3.63) is 89.8 Å². The Bertz CT molecular complexity index is 951. The highest BCUT2D eigenvalue weighted by molar-refractivity contribution is 5.70. The standard InChI is InChI=1S/C26H27FO5/c1-29-21-12-6-18(7-13-21)17-30-24-15-14-22-4-2-3-5-23(19-8-10-20(27)11-9-19)32-26(28)16-25(24)31-22/h2-3,6-15,22-25H,4-5,16-17H2,1H3/b3-2-/t22-,23-,24+,25-/m1/s1. The van der Waals surface area contributed by atoms with Gasteiger partial charge in [0.2, 0.25) is 0 Å². The number of fused-ring (bicyclic) bond motifs is 2. The van der Waals surface area contributed by atoms with Crippen molar-refractivity contribution in [2.24, 2.45) is 0 Å². The van der Waals surface area contributed by atoms with Gasteiger partial charge in [0.05, 0.1) is 32.3 Å². The number of methoxy groups -OCH3 is 1. The minimum absolute atomic E-state index is 0.0752. The lowest BCUT2D eigenvalue weighted by Gasteiger charge is -2.31. The highest BCUT2D eigenvalue weighted by Gasteiger charge is 2.31. The maximum absolute atomic E-state index is 13.3. The van der Waals surface area contributed by atoms with Crippen LogP contribution < -0.4 is 4.74 Å². The normalized spacial score (nSPS) is 26.6. The van der Waals surface area contributed by atoms with Crippen molar-refractivity contribution in [1.29, 1.82) is 0 Å². The van der Waals surface area contributed by atoms with Crippen LogP contribution in [-0.2, 0) is 25.6 Å². The van der Waals surface area contributed by atoms with Gasteiger partial charge >= 0.3 is 5.97 Å². The summed E-state index contributed by atoms with van der Waals surface area (Å²) in [5.41, 5.74) is 1.76. The van der Waals surface area contributed by atoms with E-state index in [1.165, 1.54) is 12.1 Å². The van der Waals surface area contributed by atoms with Gasteiger partial charge in [-0.1, -0.05) is 48.6 Å². The van der Waals surface area contributed by atoms with Gasteiger partial charge in [-0.15, -0.1) is 0 Å². The molecule has 0 aromatic heterocycles. The second-order valence-corrected chi connectivity index (χ2v) is 7.90. The number of hydrogen-bond acceptors (Lipinski definition) is 5. The topological polar surface area (TPSA) is 54.0 Å². The van der Waals surface area contributed by atoms with Crippen molar-refractivity contribution in [2.75, 3.05) is 7.11 Å². The minimum atomic E-state index is -0.469. The maximum Gasteiger partial charge on any atom is 0.309 e. The van der Waals surface area contributed by atoms with Gasteiger partial charge in [-0.05, 0) is 41.8 Å². The fourth-order valence-electron chi connectivity index (χ4n) is 3.83. The average molecular weight is 438 g/mol. The van der Waals surface area contributed by atoms with Gasteiger partial charge in [-0.3, -0.25) is 4.79 Å². The number of ether oxygens (including phenoxy) is 4. The van der Waals surface area contributed by atoms with Gasteiger partial charge in [-0.2, -0.15) is 0 Å². The highest BCUT2D eigenvalue weighted by atomic mass is 19.1. The molecule has 5 nitrogen and oxygen atoms in total. The van der Waals surface area contributed by atoms with Crippen LogP contribution in [0.15, 0.2) is 72.8 Å². The fourth-order valence-corrected chi connectivity index (χ4v) is 3.83. The zero-order chi connectivity index (χ0) is 22.3. The Morgan fingerprint density at radius 3 is 2.50 bits per heavy atom. The van der Waals surface area contributed by atoms with Crippen LogP contribution >= 0.6 is 0 Å². The number of halogens is 1. The summed E-state index contributed by atoms with van der Waals surface area (Å²) in [7, 11) is 1.63. The van der Waals surface area contributed by atoms with Crippen molar-refractivity contribution in [3.63, 3.8) is 0 Å². The monoisotopic (exact) mass is 438 g/mol. The molecule has 0 radical (unpaired) electrons. The molecule has 2 aromatic rings. The van der Waals surface area contributed by atoms with Gasteiger partial charge in [0, 0.05) is 6.42 Å². The molecule has 0 saturated heterocycles. The first-order chi connectivity index (χ1) is 15.6. The lowest BCUT2D eigenvalue weighted by atomic mass is 10.0. The number of benzene rings is 2. The van der Waals surface area contributed by atoms with Crippen molar-refractivity contribution in [2.45, 2.75) is 50.3 Å². The minimum Gasteiger partial charge on any atom is -0.497 e. The van der Waals surface area contributed by atoms with Crippen molar-refractivity contribution < 1.29 is 28.1 Å². The van der Waals surface area contributed by atoms with E-state index in [2.05, 4.69) is 0 Å². The van der Waals surface area contributed by atoms with Crippen molar-refractivity contribution >= 4 is 5.97 Å². The number of carbonyl (C=O) groups excluding carboxylic acids is 1. The van der Waals surface area contributed by atoms with Gasteiger partial charge in [0.1, 0.15) is 23.8 Å². The second-order valence-electron chi connectivity index (χ2n) is 7.90. The summed E-state index contributed by atoms with van der Waals surface area (Å²) in [6.07, 6.45) is 7.86. The fraction of sp³-hybridized carbons (Fsp3) is 0.346. The molecule has 4 atom stereocenters. The van der Waals surface area contributed by atoms with Gasteiger partial charge in [0.15, 0.2) is 0 Å². The summed E-state index contributed by atoms with van der Waals surface area (Å²) >= 11 is 0. The predicted molar refractivity (Wildman–Crippen MR) is 118 cm³/mol. The molecule has 0 amide bonds. The van der Waals surface area contributed by atoms with Crippen LogP contribution in [-0.4, -0.2) is 31.4 Å². The second kappa shape index (κ2) is 10.6. The Balaban J connectivity index is 1.44. The lowest BCUT2D eigenvalue weighted by molar-refractivity contribution is -0.158. The van der Waals surface area contributed by atoms with E-state index in [4.69, 9.17) is 18.9 Å². The van der Waals surface area contributed by atoms with E-state index in [9.17, 15) is 9.18 Å². The molecule has 2 aliphatic rings. The molecule has 168 valence electrons. The first-order valence-corrected chi connectivity index (χ1v) is 10.8. The number of cyclic esters (lactones) is 1. The Hall–Kier alpha value is -2.96. The van der Waals surface area contributed by atoms with E-state index < -0.39 is 12.2 Å². The maximum atomic E-state index is 13.3.